The molecule has 2 N–H and O–H groups in total. The molecule has 1 amide bonds. The Labute approximate surface area is 118 Å². The molecule has 0 saturated carbocycles. The van der Waals surface area contributed by atoms with Crippen molar-refractivity contribution in [2.24, 2.45) is 0 Å². The van der Waals surface area contributed by atoms with Gasteiger partial charge in [-0.1, -0.05) is 11.6 Å². The molecule has 0 atom stereocenters. The second kappa shape index (κ2) is 5.83. The molecule has 1 heterocycles. The summed E-state index contributed by atoms with van der Waals surface area (Å²) in [6, 6.07) is 4.17. The summed E-state index contributed by atoms with van der Waals surface area (Å²) in [6.45, 7) is 0. The summed E-state index contributed by atoms with van der Waals surface area (Å²) in [7, 11) is 1.64. The van der Waals surface area contributed by atoms with Gasteiger partial charge in [0.05, 0.1) is 16.3 Å². The van der Waals surface area contributed by atoms with Crippen molar-refractivity contribution in [2.75, 3.05) is 17.7 Å². The number of halogens is 3. The number of carbonyl (C=O) groups is 1. The van der Waals surface area contributed by atoms with Crippen molar-refractivity contribution < 1.29 is 13.6 Å². The third-order valence-corrected chi connectivity index (χ3v) is 2.80. The first-order chi connectivity index (χ1) is 9.51. The number of nitrogens with one attached hydrogen (secondary N) is 2. The number of rotatable bonds is 3. The third-order valence-electron chi connectivity index (χ3n) is 2.52. The highest BCUT2D eigenvalue weighted by atomic mass is 35.5. The molecule has 0 bridgehead atoms. The quantitative estimate of drug-likeness (QED) is 0.914. The first-order valence-electron chi connectivity index (χ1n) is 5.61. The summed E-state index contributed by atoms with van der Waals surface area (Å²) in [4.78, 5) is 15.8. The van der Waals surface area contributed by atoms with E-state index in [2.05, 4.69) is 15.6 Å². The maximum atomic E-state index is 13.4. The largest absolute Gasteiger partial charge is 0.372 e. The zero-order chi connectivity index (χ0) is 14.7. The van der Waals surface area contributed by atoms with E-state index >= 15 is 0 Å². The fraction of sp³-hybridized carbons (Fsp3) is 0.0769. The van der Waals surface area contributed by atoms with Crippen LogP contribution in [0.5, 0.6) is 0 Å². The summed E-state index contributed by atoms with van der Waals surface area (Å²) in [5, 5.41) is 5.25. The highest BCUT2D eigenvalue weighted by Crippen LogP contribution is 2.21. The Hall–Kier alpha value is -2.21. The molecule has 4 nitrogen and oxygen atoms in total. The Balaban J connectivity index is 2.24. The number of hydrogen-bond donors (Lipinski definition) is 2. The van der Waals surface area contributed by atoms with Gasteiger partial charge < -0.3 is 10.6 Å². The van der Waals surface area contributed by atoms with Crippen LogP contribution in [0.3, 0.4) is 0 Å². The van der Waals surface area contributed by atoms with E-state index in [0.29, 0.717) is 5.82 Å². The summed E-state index contributed by atoms with van der Waals surface area (Å²) >= 11 is 5.89. The van der Waals surface area contributed by atoms with Crippen LogP contribution in [-0.2, 0) is 0 Å². The summed E-state index contributed by atoms with van der Waals surface area (Å²) in [6.07, 6.45) is 1.28. The van der Waals surface area contributed by atoms with E-state index < -0.39 is 17.5 Å². The highest BCUT2D eigenvalue weighted by Gasteiger charge is 2.12. The second-order valence-corrected chi connectivity index (χ2v) is 4.29. The molecule has 0 aliphatic rings. The Bertz CT molecular complexity index is 664. The molecule has 0 aliphatic heterocycles. The van der Waals surface area contributed by atoms with Crippen molar-refractivity contribution >= 4 is 29.0 Å². The van der Waals surface area contributed by atoms with Crippen LogP contribution >= 0.6 is 11.6 Å². The van der Waals surface area contributed by atoms with Crippen LogP contribution < -0.4 is 10.6 Å². The predicted octanol–water partition coefficient (Wildman–Crippen LogP) is 3.31. The molecule has 0 unspecified atom stereocenters. The maximum Gasteiger partial charge on any atom is 0.257 e. The van der Waals surface area contributed by atoms with Crippen LogP contribution in [0, 0.1) is 11.6 Å². The maximum absolute atomic E-state index is 13.4. The smallest absolute Gasteiger partial charge is 0.257 e. The lowest BCUT2D eigenvalue weighted by Crippen LogP contribution is -2.14. The van der Waals surface area contributed by atoms with Gasteiger partial charge in [-0.25, -0.2) is 13.8 Å². The van der Waals surface area contributed by atoms with Gasteiger partial charge in [0.25, 0.3) is 5.91 Å². The molecule has 2 rings (SSSR count). The fourth-order valence-corrected chi connectivity index (χ4v) is 1.79. The first kappa shape index (κ1) is 14.2. The van der Waals surface area contributed by atoms with E-state index in [4.69, 9.17) is 11.6 Å². The Kier molecular flexibility index (Phi) is 4.14. The molecule has 0 saturated heterocycles. The first-order valence-corrected chi connectivity index (χ1v) is 5.98. The van der Waals surface area contributed by atoms with Crippen molar-refractivity contribution in [2.45, 2.75) is 0 Å². The lowest BCUT2D eigenvalue weighted by atomic mass is 10.2. The summed E-state index contributed by atoms with van der Waals surface area (Å²) in [5.74, 6) is -1.60. The molecular formula is C13H10ClF2N3O. The Morgan fingerprint density at radius 1 is 1.30 bits per heavy atom. The number of amides is 1. The summed E-state index contributed by atoms with van der Waals surface area (Å²) in [5.41, 5.74) is -0.110. The van der Waals surface area contributed by atoms with Crippen LogP contribution in [0.2, 0.25) is 5.02 Å². The van der Waals surface area contributed by atoms with E-state index in [1.165, 1.54) is 12.3 Å². The number of pyridine rings is 1. The molecular weight excluding hydrogens is 288 g/mol. The Morgan fingerprint density at radius 2 is 2.05 bits per heavy atom. The molecule has 1 aromatic heterocycles. The van der Waals surface area contributed by atoms with Crippen LogP contribution in [-0.4, -0.2) is 17.9 Å². The van der Waals surface area contributed by atoms with Crippen LogP contribution in [0.15, 0.2) is 30.5 Å². The lowest BCUT2D eigenvalue weighted by molar-refractivity contribution is 0.102. The highest BCUT2D eigenvalue weighted by molar-refractivity contribution is 6.33. The van der Waals surface area contributed by atoms with E-state index in [0.717, 1.165) is 18.2 Å². The van der Waals surface area contributed by atoms with Crippen LogP contribution in [0.25, 0.3) is 0 Å². The average Bonchev–Trinajstić information content (AvgIpc) is 2.42. The van der Waals surface area contributed by atoms with E-state index in [-0.39, 0.29) is 16.3 Å². The average molecular weight is 298 g/mol. The number of aromatic nitrogens is 1. The van der Waals surface area contributed by atoms with E-state index in [1.54, 1.807) is 7.05 Å². The molecule has 1 aromatic carbocycles. The molecule has 20 heavy (non-hydrogen) atoms. The lowest BCUT2D eigenvalue weighted by Gasteiger charge is -2.08. The number of carbonyl (C=O) groups excluding carboxylic acids is 1. The number of benzene rings is 1. The van der Waals surface area contributed by atoms with E-state index in [1.807, 2.05) is 0 Å². The van der Waals surface area contributed by atoms with Crippen LogP contribution in [0.4, 0.5) is 20.3 Å². The normalized spacial score (nSPS) is 10.2. The fourth-order valence-electron chi connectivity index (χ4n) is 1.53. The molecule has 0 aliphatic carbocycles. The second-order valence-electron chi connectivity index (χ2n) is 3.88. The molecule has 0 radical (unpaired) electrons. The van der Waals surface area contributed by atoms with Gasteiger partial charge in [-0.05, 0) is 18.2 Å². The van der Waals surface area contributed by atoms with Crippen LogP contribution in [0.1, 0.15) is 10.4 Å². The number of anilines is 2. The van der Waals surface area contributed by atoms with Gasteiger partial charge in [-0.3, -0.25) is 4.79 Å². The van der Waals surface area contributed by atoms with Gasteiger partial charge >= 0.3 is 0 Å². The van der Waals surface area contributed by atoms with Gasteiger partial charge in [-0.15, -0.1) is 0 Å². The van der Waals surface area contributed by atoms with Gasteiger partial charge in [0.1, 0.15) is 17.5 Å². The Morgan fingerprint density at radius 3 is 2.70 bits per heavy atom. The predicted molar refractivity (Wildman–Crippen MR) is 73.1 cm³/mol. The number of hydrogen-bond acceptors (Lipinski definition) is 3. The molecule has 0 fully saturated rings. The standard InChI is InChI=1S/C13H10ClF2N3O/c1-17-12-9(14)4-7(6-18-12)13(20)19-11-5-8(15)2-3-10(11)16/h2-6H,1H3,(H,17,18)(H,19,20). The van der Waals surface area contributed by atoms with Crippen molar-refractivity contribution in [3.63, 3.8) is 0 Å². The van der Waals surface area contributed by atoms with Crippen molar-refractivity contribution in [3.05, 3.63) is 52.7 Å². The van der Waals surface area contributed by atoms with Crippen molar-refractivity contribution in [3.8, 4) is 0 Å². The van der Waals surface area contributed by atoms with Crippen molar-refractivity contribution in [1.82, 2.24) is 4.98 Å². The summed E-state index contributed by atoms with van der Waals surface area (Å²) < 4.78 is 26.4. The topological polar surface area (TPSA) is 54.0 Å². The number of nitrogens with zero attached hydrogens (tertiary/aromatic N) is 1. The van der Waals surface area contributed by atoms with Gasteiger partial charge in [0.2, 0.25) is 0 Å². The van der Waals surface area contributed by atoms with Gasteiger partial charge in [0.15, 0.2) is 0 Å². The SMILES string of the molecule is CNc1ncc(C(=O)Nc2cc(F)ccc2F)cc1Cl. The molecule has 104 valence electrons. The minimum absolute atomic E-state index is 0.137. The molecule has 7 heteroatoms. The molecule has 2 aromatic rings. The van der Waals surface area contributed by atoms with E-state index in [9.17, 15) is 13.6 Å². The minimum Gasteiger partial charge on any atom is -0.372 e. The zero-order valence-electron chi connectivity index (χ0n) is 10.4. The third kappa shape index (κ3) is 3.03. The van der Waals surface area contributed by atoms with Gasteiger partial charge in [-0.2, -0.15) is 0 Å². The van der Waals surface area contributed by atoms with Crippen molar-refractivity contribution in [1.29, 1.82) is 0 Å². The zero-order valence-corrected chi connectivity index (χ0v) is 11.1. The monoisotopic (exact) mass is 297 g/mol. The van der Waals surface area contributed by atoms with Gasteiger partial charge in [0, 0.05) is 19.3 Å². The minimum atomic E-state index is -0.731. The molecule has 0 spiro atoms.